The van der Waals surface area contributed by atoms with Gasteiger partial charge in [0.15, 0.2) is 0 Å². The average molecular weight is 592 g/mol. The summed E-state index contributed by atoms with van der Waals surface area (Å²) in [6, 6.07) is 19.1. The molecule has 0 saturated carbocycles. The normalized spacial score (nSPS) is 18.8. The maximum Gasteiger partial charge on any atom is 0.411 e. The highest BCUT2D eigenvalue weighted by molar-refractivity contribution is 7.93. The number of fused-ring (bicyclic) bond motifs is 2. The predicted octanol–water partition coefficient (Wildman–Crippen LogP) is 5.50. The number of carbonyl (C=O) groups is 2. The van der Waals surface area contributed by atoms with E-state index < -0.39 is 27.6 Å². The van der Waals surface area contributed by atoms with Crippen LogP contribution in [-0.4, -0.2) is 50.5 Å². The summed E-state index contributed by atoms with van der Waals surface area (Å²) < 4.78 is 41.3. The Labute approximate surface area is 242 Å². The third-order valence-corrected chi connectivity index (χ3v) is 9.46. The van der Waals surface area contributed by atoms with Gasteiger partial charge in [-0.3, -0.25) is 9.78 Å². The number of rotatable bonds is 5. The molecular weight excluding hydrogens is 566 g/mol. The van der Waals surface area contributed by atoms with Gasteiger partial charge in [-0.15, -0.1) is 0 Å². The van der Waals surface area contributed by atoms with Gasteiger partial charge in [0.2, 0.25) is 5.60 Å². The van der Waals surface area contributed by atoms with Crippen molar-refractivity contribution in [3.8, 4) is 5.75 Å². The van der Waals surface area contributed by atoms with E-state index in [0.717, 1.165) is 19.3 Å². The van der Waals surface area contributed by atoms with Crippen LogP contribution in [0.5, 0.6) is 5.75 Å². The van der Waals surface area contributed by atoms with E-state index in [4.69, 9.17) is 21.1 Å². The van der Waals surface area contributed by atoms with Crippen molar-refractivity contribution in [3.05, 3.63) is 95.1 Å². The van der Waals surface area contributed by atoms with Crippen LogP contribution >= 0.6 is 11.6 Å². The number of nitrogens with zero attached hydrogens (tertiary/aromatic N) is 3. The SMILES string of the molecule is COc1ccccc1C1(OC(=O)N2CCCCC2)C(=O)N(S(=O)(=O)c2cccc3cccnc23)c2ccc(Cl)cc21. The fraction of sp³-hybridized carbons (Fsp3) is 0.233. The molecule has 41 heavy (non-hydrogen) atoms. The zero-order valence-electron chi connectivity index (χ0n) is 22.1. The van der Waals surface area contributed by atoms with Crippen LogP contribution in [0.15, 0.2) is 83.9 Å². The first-order chi connectivity index (χ1) is 19.8. The Morgan fingerprint density at radius 1 is 0.951 bits per heavy atom. The van der Waals surface area contributed by atoms with Crippen LogP contribution in [0.3, 0.4) is 0 Å². The molecule has 0 radical (unpaired) electrons. The fourth-order valence-corrected chi connectivity index (χ4v) is 7.38. The molecule has 1 saturated heterocycles. The molecule has 9 nitrogen and oxygen atoms in total. The molecule has 210 valence electrons. The molecule has 3 heterocycles. The van der Waals surface area contributed by atoms with Crippen molar-refractivity contribution >= 4 is 50.2 Å². The lowest BCUT2D eigenvalue weighted by atomic mass is 9.86. The van der Waals surface area contributed by atoms with Crippen molar-refractivity contribution in [1.82, 2.24) is 9.88 Å². The number of benzene rings is 3. The molecule has 0 spiro atoms. The molecule has 2 amide bonds. The number of amides is 2. The van der Waals surface area contributed by atoms with Crippen molar-refractivity contribution in [2.45, 2.75) is 29.8 Å². The number of piperidine rings is 1. The summed E-state index contributed by atoms with van der Waals surface area (Å²) in [4.78, 5) is 34.1. The summed E-state index contributed by atoms with van der Waals surface area (Å²) in [5.74, 6) is -0.748. The van der Waals surface area contributed by atoms with Gasteiger partial charge < -0.3 is 14.4 Å². The Balaban J connectivity index is 1.61. The van der Waals surface area contributed by atoms with Gasteiger partial charge in [0.25, 0.3) is 15.9 Å². The van der Waals surface area contributed by atoms with Crippen LogP contribution in [0.25, 0.3) is 10.9 Å². The number of aromatic nitrogens is 1. The molecule has 4 aromatic rings. The summed E-state index contributed by atoms with van der Waals surface area (Å²) in [6.45, 7) is 0.919. The maximum absolute atomic E-state index is 14.8. The minimum Gasteiger partial charge on any atom is -0.496 e. The Morgan fingerprint density at radius 3 is 2.49 bits per heavy atom. The van der Waals surface area contributed by atoms with E-state index in [1.807, 2.05) is 0 Å². The molecular formula is C30H26ClN3O6S. The van der Waals surface area contributed by atoms with Crippen LogP contribution in [-0.2, 0) is 25.2 Å². The minimum absolute atomic E-state index is 0.0182. The number of sulfonamides is 1. The zero-order chi connectivity index (χ0) is 28.8. The first-order valence-corrected chi connectivity index (χ1v) is 15.0. The summed E-state index contributed by atoms with van der Waals surface area (Å²) in [5, 5.41) is 0.819. The molecule has 0 N–H and O–H groups in total. The number of anilines is 1. The third kappa shape index (κ3) is 4.29. The van der Waals surface area contributed by atoms with E-state index in [9.17, 15) is 18.0 Å². The smallest absolute Gasteiger partial charge is 0.411 e. The second kappa shape index (κ2) is 10.4. The Kier molecular flexibility index (Phi) is 6.83. The number of carbonyl (C=O) groups excluding carboxylic acids is 2. The van der Waals surface area contributed by atoms with Gasteiger partial charge in [0, 0.05) is 35.3 Å². The highest BCUT2D eigenvalue weighted by Gasteiger charge is 2.61. The number of para-hydroxylation sites is 2. The van der Waals surface area contributed by atoms with Gasteiger partial charge in [0.1, 0.15) is 10.6 Å². The third-order valence-electron chi connectivity index (χ3n) is 7.50. The number of halogens is 1. The van der Waals surface area contributed by atoms with Crippen molar-refractivity contribution in [1.29, 1.82) is 0 Å². The van der Waals surface area contributed by atoms with Crippen LogP contribution < -0.4 is 9.04 Å². The van der Waals surface area contributed by atoms with Gasteiger partial charge in [0.05, 0.1) is 23.9 Å². The minimum atomic E-state index is -4.57. The Hall–Kier alpha value is -4.15. The lowest BCUT2D eigenvalue weighted by molar-refractivity contribution is -0.132. The second-order valence-electron chi connectivity index (χ2n) is 9.86. The van der Waals surface area contributed by atoms with E-state index in [1.165, 1.54) is 42.5 Å². The van der Waals surface area contributed by atoms with Gasteiger partial charge in [-0.1, -0.05) is 48.0 Å². The molecule has 6 rings (SSSR count). The molecule has 0 aliphatic carbocycles. The van der Waals surface area contributed by atoms with E-state index in [2.05, 4.69) is 4.98 Å². The maximum atomic E-state index is 14.8. The average Bonchev–Trinajstić information content (AvgIpc) is 3.24. The highest BCUT2D eigenvalue weighted by atomic mass is 35.5. The standard InChI is InChI=1S/C30H26ClN3O6S/c1-39-25-12-4-3-11-22(25)30(40-29(36)33-17-5-2-6-18-33)23-19-21(31)14-15-24(23)34(28(30)35)41(37,38)26-13-7-9-20-10-8-16-32-27(20)26/h3-4,7-16,19H,2,5-6,17-18H2,1H3. The number of likely N-dealkylation sites (tertiary alicyclic amines) is 1. The largest absolute Gasteiger partial charge is 0.496 e. The van der Waals surface area contributed by atoms with Crippen LogP contribution in [0.1, 0.15) is 30.4 Å². The topological polar surface area (TPSA) is 106 Å². The predicted molar refractivity (Wildman–Crippen MR) is 154 cm³/mol. The zero-order valence-corrected chi connectivity index (χ0v) is 23.7. The number of methoxy groups -OCH3 is 1. The van der Waals surface area contributed by atoms with Gasteiger partial charge >= 0.3 is 6.09 Å². The molecule has 3 aromatic carbocycles. The molecule has 1 atom stereocenters. The fourth-order valence-electron chi connectivity index (χ4n) is 5.58. The van der Waals surface area contributed by atoms with E-state index in [-0.39, 0.29) is 38.0 Å². The molecule has 1 aromatic heterocycles. The first-order valence-electron chi connectivity index (χ1n) is 13.1. The van der Waals surface area contributed by atoms with Crippen molar-refractivity contribution in [2.24, 2.45) is 0 Å². The van der Waals surface area contributed by atoms with Crippen LogP contribution in [0.4, 0.5) is 10.5 Å². The van der Waals surface area contributed by atoms with Crippen molar-refractivity contribution < 1.29 is 27.5 Å². The number of pyridine rings is 1. The highest BCUT2D eigenvalue weighted by Crippen LogP contribution is 2.52. The van der Waals surface area contributed by atoms with Gasteiger partial charge in [-0.25, -0.2) is 13.2 Å². The molecule has 1 unspecified atom stereocenters. The number of hydrogen-bond acceptors (Lipinski definition) is 7. The number of hydrogen-bond donors (Lipinski definition) is 0. The summed E-state index contributed by atoms with van der Waals surface area (Å²) in [6.07, 6.45) is 3.31. The van der Waals surface area contributed by atoms with E-state index in [0.29, 0.717) is 22.8 Å². The summed E-state index contributed by atoms with van der Waals surface area (Å²) in [5.41, 5.74) is -1.69. The second-order valence-corrected chi connectivity index (χ2v) is 12.1. The van der Waals surface area contributed by atoms with Gasteiger partial charge in [-0.05, 0) is 55.7 Å². The van der Waals surface area contributed by atoms with Crippen molar-refractivity contribution in [2.75, 3.05) is 24.5 Å². The first kappa shape index (κ1) is 27.0. The molecule has 0 bridgehead atoms. The van der Waals surface area contributed by atoms with Gasteiger partial charge in [-0.2, -0.15) is 4.31 Å². The quantitative estimate of drug-likeness (QED) is 0.302. The Bertz CT molecular complexity index is 1790. The Morgan fingerprint density at radius 2 is 1.71 bits per heavy atom. The van der Waals surface area contributed by atoms with E-state index in [1.54, 1.807) is 48.5 Å². The molecule has 11 heteroatoms. The monoisotopic (exact) mass is 591 g/mol. The summed E-state index contributed by atoms with van der Waals surface area (Å²) >= 11 is 6.43. The molecule has 1 fully saturated rings. The van der Waals surface area contributed by atoms with E-state index >= 15 is 0 Å². The molecule has 2 aliphatic rings. The lowest BCUT2D eigenvalue weighted by Gasteiger charge is -2.34. The van der Waals surface area contributed by atoms with Crippen molar-refractivity contribution in [3.63, 3.8) is 0 Å². The van der Waals surface area contributed by atoms with Crippen LogP contribution in [0.2, 0.25) is 5.02 Å². The van der Waals surface area contributed by atoms with Crippen LogP contribution in [0, 0.1) is 0 Å². The molecule has 2 aliphatic heterocycles. The lowest BCUT2D eigenvalue weighted by Crippen LogP contribution is -2.49. The summed E-state index contributed by atoms with van der Waals surface area (Å²) in [7, 11) is -3.14. The number of ether oxygens (including phenoxy) is 2.